The lowest BCUT2D eigenvalue weighted by molar-refractivity contribution is -0.122. The van der Waals surface area contributed by atoms with E-state index in [2.05, 4.69) is 57.0 Å². The van der Waals surface area contributed by atoms with Gasteiger partial charge in [-0.1, -0.05) is 49.2 Å². The van der Waals surface area contributed by atoms with Crippen LogP contribution in [0, 0.1) is 0 Å². The van der Waals surface area contributed by atoms with Crippen molar-refractivity contribution in [3.63, 3.8) is 0 Å². The molecule has 4 rings (SSSR count). The van der Waals surface area contributed by atoms with Crippen LogP contribution >= 0.6 is 0 Å². The van der Waals surface area contributed by atoms with E-state index < -0.39 is 6.04 Å². The Morgan fingerprint density at radius 3 is 2.25 bits per heavy atom. The number of unbranched alkanes of at least 4 members (excludes halogenated alkanes) is 3. The lowest BCUT2D eigenvalue weighted by Gasteiger charge is -2.13. The summed E-state index contributed by atoms with van der Waals surface area (Å²) in [5.74, 6) is -0.113. The summed E-state index contributed by atoms with van der Waals surface area (Å²) >= 11 is 0. The summed E-state index contributed by atoms with van der Waals surface area (Å²) in [5.41, 5.74) is 10.00. The fraction of sp³-hybridized carbons (Fsp3) is 0.320. The average molecular weight is 431 g/mol. The minimum atomic E-state index is -0.551. The number of H-pyrrole nitrogens is 1. The van der Waals surface area contributed by atoms with Gasteiger partial charge in [0.1, 0.15) is 0 Å². The smallest absolute Gasteiger partial charge is 0.237 e. The number of imidazole rings is 1. The first-order valence-electron chi connectivity index (χ1n) is 11.2. The monoisotopic (exact) mass is 430 g/mol. The molecule has 4 aromatic rings. The van der Waals surface area contributed by atoms with E-state index in [1.807, 2.05) is 12.1 Å². The van der Waals surface area contributed by atoms with E-state index >= 15 is 0 Å². The van der Waals surface area contributed by atoms with E-state index in [1.54, 1.807) is 12.5 Å². The third kappa shape index (κ3) is 5.42. The Labute approximate surface area is 187 Å². The minimum Gasteiger partial charge on any atom is -0.384 e. The number of benzene rings is 2. The summed E-state index contributed by atoms with van der Waals surface area (Å²) in [4.78, 5) is 23.8. The van der Waals surface area contributed by atoms with Crippen LogP contribution in [0.4, 0.5) is 5.69 Å². The van der Waals surface area contributed by atoms with Crippen LogP contribution in [0.3, 0.4) is 0 Å². The van der Waals surface area contributed by atoms with Crippen molar-refractivity contribution in [2.75, 3.05) is 18.4 Å². The number of para-hydroxylation sites is 2. The van der Waals surface area contributed by atoms with Crippen molar-refractivity contribution >= 4 is 33.4 Å². The number of aromatic nitrogens is 3. The van der Waals surface area contributed by atoms with Gasteiger partial charge in [-0.25, -0.2) is 9.97 Å². The standard InChI is InChI=1S/C25H30N6O/c26-21(15-18-16-27-17-30-18)25(32)29-14-8-2-1-7-13-28-24-19-9-3-5-11-22(19)31-23-12-6-4-10-20(23)24/h3-6,9-12,16-17,21H,1-2,7-8,13-15,26H2,(H,27,30)(H,28,31)(H,29,32)/t21-/m0/s1. The number of carbonyl (C=O) groups is 1. The fourth-order valence-corrected chi connectivity index (χ4v) is 3.92. The number of carbonyl (C=O) groups excluding carboxylic acids is 1. The molecule has 0 fully saturated rings. The first-order chi connectivity index (χ1) is 15.7. The number of hydrogen-bond donors (Lipinski definition) is 4. The van der Waals surface area contributed by atoms with Crippen LogP contribution in [0.15, 0.2) is 61.1 Å². The third-order valence-corrected chi connectivity index (χ3v) is 5.62. The molecule has 0 aliphatic carbocycles. The maximum atomic E-state index is 12.1. The predicted octanol–water partition coefficient (Wildman–Crippen LogP) is 3.77. The van der Waals surface area contributed by atoms with Gasteiger partial charge < -0.3 is 21.4 Å². The van der Waals surface area contributed by atoms with Gasteiger partial charge in [-0.15, -0.1) is 0 Å². The zero-order valence-corrected chi connectivity index (χ0v) is 18.2. The first kappa shape index (κ1) is 21.8. The predicted molar refractivity (Wildman–Crippen MR) is 129 cm³/mol. The Morgan fingerprint density at radius 2 is 1.59 bits per heavy atom. The molecule has 166 valence electrons. The maximum absolute atomic E-state index is 12.1. The Kier molecular flexibility index (Phi) is 7.30. The summed E-state index contributed by atoms with van der Waals surface area (Å²) in [6, 6.07) is 16.0. The number of fused-ring (bicyclic) bond motifs is 2. The zero-order valence-electron chi connectivity index (χ0n) is 18.2. The van der Waals surface area contributed by atoms with Crippen molar-refractivity contribution in [1.29, 1.82) is 0 Å². The molecule has 7 nitrogen and oxygen atoms in total. The molecular weight excluding hydrogens is 400 g/mol. The van der Waals surface area contributed by atoms with Crippen molar-refractivity contribution in [3.8, 4) is 0 Å². The number of rotatable bonds is 11. The lowest BCUT2D eigenvalue weighted by atomic mass is 10.1. The van der Waals surface area contributed by atoms with Crippen LogP contribution in [-0.4, -0.2) is 40.0 Å². The Morgan fingerprint density at radius 1 is 0.938 bits per heavy atom. The molecule has 2 aromatic heterocycles. The van der Waals surface area contributed by atoms with Gasteiger partial charge in [-0.2, -0.15) is 0 Å². The van der Waals surface area contributed by atoms with Crippen molar-refractivity contribution < 1.29 is 4.79 Å². The number of amides is 1. The molecule has 0 aliphatic heterocycles. The summed E-state index contributed by atoms with van der Waals surface area (Å²) in [5, 5.41) is 8.88. The largest absolute Gasteiger partial charge is 0.384 e. The number of aromatic amines is 1. The third-order valence-electron chi connectivity index (χ3n) is 5.62. The molecule has 1 amide bonds. The van der Waals surface area contributed by atoms with Gasteiger partial charge in [-0.3, -0.25) is 4.79 Å². The molecule has 7 heteroatoms. The number of nitrogens with one attached hydrogen (secondary N) is 3. The number of hydrogen-bond acceptors (Lipinski definition) is 5. The molecule has 5 N–H and O–H groups in total. The van der Waals surface area contributed by atoms with Gasteiger partial charge in [0.15, 0.2) is 0 Å². The molecule has 2 heterocycles. The Bertz CT molecular complexity index is 1100. The summed E-state index contributed by atoms with van der Waals surface area (Å²) < 4.78 is 0. The summed E-state index contributed by atoms with van der Waals surface area (Å²) in [7, 11) is 0. The topological polar surface area (TPSA) is 109 Å². The van der Waals surface area contributed by atoms with Gasteiger partial charge in [-0.05, 0) is 25.0 Å². The van der Waals surface area contributed by atoms with Gasteiger partial charge in [0, 0.05) is 42.2 Å². The molecule has 0 saturated heterocycles. The second-order valence-corrected chi connectivity index (χ2v) is 8.04. The van der Waals surface area contributed by atoms with Gasteiger partial charge in [0.2, 0.25) is 5.91 Å². The average Bonchev–Trinajstić information content (AvgIpc) is 3.33. The molecule has 0 bridgehead atoms. The summed E-state index contributed by atoms with van der Waals surface area (Å²) in [6.45, 7) is 1.56. The van der Waals surface area contributed by atoms with Crippen LogP contribution in [0.25, 0.3) is 21.8 Å². The van der Waals surface area contributed by atoms with E-state index in [-0.39, 0.29) is 5.91 Å². The highest BCUT2D eigenvalue weighted by molar-refractivity contribution is 6.07. The van der Waals surface area contributed by atoms with Gasteiger partial charge in [0.05, 0.1) is 29.1 Å². The Hall–Kier alpha value is -3.45. The highest BCUT2D eigenvalue weighted by atomic mass is 16.2. The number of nitrogens with two attached hydrogens (primary N) is 1. The molecule has 0 spiro atoms. The van der Waals surface area contributed by atoms with Gasteiger partial charge >= 0.3 is 0 Å². The quantitative estimate of drug-likeness (QED) is 0.214. The molecule has 0 radical (unpaired) electrons. The van der Waals surface area contributed by atoms with E-state index in [9.17, 15) is 4.79 Å². The second-order valence-electron chi connectivity index (χ2n) is 8.04. The maximum Gasteiger partial charge on any atom is 0.237 e. The zero-order chi connectivity index (χ0) is 22.2. The van der Waals surface area contributed by atoms with Crippen LogP contribution in [-0.2, 0) is 11.2 Å². The van der Waals surface area contributed by atoms with Crippen LogP contribution < -0.4 is 16.4 Å². The molecule has 2 aromatic carbocycles. The van der Waals surface area contributed by atoms with E-state index in [0.717, 1.165) is 65.4 Å². The molecule has 0 unspecified atom stereocenters. The lowest BCUT2D eigenvalue weighted by Crippen LogP contribution is -2.42. The number of nitrogens with zero attached hydrogens (tertiary/aromatic N) is 2. The number of anilines is 1. The van der Waals surface area contributed by atoms with E-state index in [4.69, 9.17) is 10.7 Å². The minimum absolute atomic E-state index is 0.113. The SMILES string of the molecule is N[C@@H](Cc1cnc[nH]1)C(=O)NCCCCCCNc1c2ccccc2nc2ccccc12. The van der Waals surface area contributed by atoms with Crippen molar-refractivity contribution in [3.05, 3.63) is 66.7 Å². The van der Waals surface area contributed by atoms with Crippen LogP contribution in [0.1, 0.15) is 31.4 Å². The number of pyridine rings is 1. The molecule has 32 heavy (non-hydrogen) atoms. The van der Waals surface area contributed by atoms with E-state index in [0.29, 0.717) is 13.0 Å². The van der Waals surface area contributed by atoms with Crippen molar-refractivity contribution in [2.24, 2.45) is 5.73 Å². The van der Waals surface area contributed by atoms with Gasteiger partial charge in [0.25, 0.3) is 0 Å². The molecule has 0 saturated carbocycles. The van der Waals surface area contributed by atoms with Crippen molar-refractivity contribution in [1.82, 2.24) is 20.3 Å². The van der Waals surface area contributed by atoms with E-state index in [1.165, 1.54) is 0 Å². The van der Waals surface area contributed by atoms with Crippen molar-refractivity contribution in [2.45, 2.75) is 38.1 Å². The van der Waals surface area contributed by atoms with Crippen LogP contribution in [0.2, 0.25) is 0 Å². The molecule has 0 aliphatic rings. The first-order valence-corrected chi connectivity index (χ1v) is 11.2. The highest BCUT2D eigenvalue weighted by Crippen LogP contribution is 2.30. The molecular formula is C25H30N6O. The second kappa shape index (κ2) is 10.7. The van der Waals surface area contributed by atoms with Crippen LogP contribution in [0.5, 0.6) is 0 Å². The highest BCUT2D eigenvalue weighted by Gasteiger charge is 2.14. The Balaban J connectivity index is 1.18. The summed E-state index contributed by atoms with van der Waals surface area (Å²) in [6.07, 6.45) is 7.94. The normalized spacial score (nSPS) is 12.2. The fourth-order valence-electron chi connectivity index (χ4n) is 3.92. The molecule has 1 atom stereocenters.